The van der Waals surface area contributed by atoms with Crippen LogP contribution in [-0.2, 0) is 18.9 Å². The van der Waals surface area contributed by atoms with Crippen LogP contribution < -0.4 is 19.6 Å². The van der Waals surface area contributed by atoms with E-state index >= 15 is 0 Å². The van der Waals surface area contributed by atoms with Gasteiger partial charge in [-0.3, -0.25) is 4.79 Å². The molecule has 0 radical (unpaired) electrons. The Labute approximate surface area is 309 Å². The molecule has 3 aliphatic rings. The van der Waals surface area contributed by atoms with Gasteiger partial charge in [0.1, 0.15) is 84.0 Å². The van der Waals surface area contributed by atoms with Gasteiger partial charge in [0.2, 0.25) is 29.5 Å². The van der Waals surface area contributed by atoms with Gasteiger partial charge in [0, 0.05) is 11.6 Å². The van der Waals surface area contributed by atoms with Crippen LogP contribution in [0.25, 0.3) is 22.3 Å². The predicted octanol–water partition coefficient (Wildman–Crippen LogP) is -3.91. The predicted molar refractivity (Wildman–Crippen MR) is 178 cm³/mol. The van der Waals surface area contributed by atoms with Crippen LogP contribution in [0.15, 0.2) is 39.5 Å². The van der Waals surface area contributed by atoms with Crippen molar-refractivity contribution in [1.29, 1.82) is 0 Å². The number of phenolic OH excluding ortho intramolecular Hbond substituents is 2. The quantitative estimate of drug-likeness (QED) is 0.0934. The summed E-state index contributed by atoms with van der Waals surface area (Å²) in [6.07, 6.45) is -25.0. The summed E-state index contributed by atoms with van der Waals surface area (Å²) in [4.78, 5) is 14.1. The lowest BCUT2D eigenvalue weighted by atomic mass is 9.98. The van der Waals surface area contributed by atoms with Gasteiger partial charge in [-0.15, -0.1) is 0 Å². The molecular weight excluding hydrogens is 744 g/mol. The average molecular weight is 787 g/mol. The van der Waals surface area contributed by atoms with Gasteiger partial charge < -0.3 is 98.9 Å². The fraction of sp³-hybridized carbons (Fsp3) is 0.559. The molecule has 2 aromatic carbocycles. The zero-order valence-corrected chi connectivity index (χ0v) is 29.0. The Bertz CT molecular complexity index is 1850. The summed E-state index contributed by atoms with van der Waals surface area (Å²) in [6.45, 7) is 0.00474. The first-order valence-corrected chi connectivity index (χ1v) is 16.9. The van der Waals surface area contributed by atoms with Crippen molar-refractivity contribution in [3.05, 3.63) is 40.6 Å². The first kappa shape index (κ1) is 40.7. The maximum Gasteiger partial charge on any atom is 0.239 e. The number of fused-ring (bicyclic) bond motifs is 1. The summed E-state index contributed by atoms with van der Waals surface area (Å²) in [7, 11) is 1.13. The minimum absolute atomic E-state index is 0.0822. The molecule has 21 heteroatoms. The van der Waals surface area contributed by atoms with Crippen LogP contribution in [0.3, 0.4) is 0 Å². The van der Waals surface area contributed by atoms with Crippen molar-refractivity contribution in [2.24, 2.45) is 0 Å². The Morgan fingerprint density at radius 3 is 1.85 bits per heavy atom. The minimum atomic E-state index is -1.95. The highest BCUT2D eigenvalue weighted by Gasteiger charge is 2.48. The summed E-state index contributed by atoms with van der Waals surface area (Å²) in [6, 6.07) is 5.97. The van der Waals surface area contributed by atoms with E-state index in [1.165, 1.54) is 31.2 Å². The number of phenols is 2. The second kappa shape index (κ2) is 16.3. The van der Waals surface area contributed by atoms with Gasteiger partial charge in [0.15, 0.2) is 23.4 Å². The Morgan fingerprint density at radius 1 is 0.673 bits per heavy atom. The molecule has 0 spiro atoms. The smallest absolute Gasteiger partial charge is 0.239 e. The monoisotopic (exact) mass is 786 g/mol. The molecule has 3 fully saturated rings. The topological polar surface area (TPSA) is 338 Å². The largest absolute Gasteiger partial charge is 0.508 e. The average Bonchev–Trinajstić information content (AvgIpc) is 3.16. The van der Waals surface area contributed by atoms with Crippen LogP contribution in [0.1, 0.15) is 6.92 Å². The number of methoxy groups -OCH3 is 1. The van der Waals surface area contributed by atoms with E-state index in [-0.39, 0.29) is 17.1 Å². The summed E-state index contributed by atoms with van der Waals surface area (Å²) in [5, 5.41) is 124. The zero-order chi connectivity index (χ0) is 40.0. The molecule has 0 aliphatic carbocycles. The molecule has 0 bridgehead atoms. The van der Waals surface area contributed by atoms with E-state index < -0.39 is 145 Å². The van der Waals surface area contributed by atoms with Crippen LogP contribution in [0.4, 0.5) is 0 Å². The van der Waals surface area contributed by atoms with E-state index in [1.807, 2.05) is 0 Å². The Balaban J connectivity index is 1.35. The zero-order valence-electron chi connectivity index (χ0n) is 29.0. The molecule has 0 unspecified atom stereocenters. The number of aromatic hydroxyl groups is 2. The number of hydrogen-bond donors (Lipinski definition) is 12. The first-order valence-electron chi connectivity index (χ1n) is 16.9. The number of aliphatic hydroxyl groups excluding tert-OH is 10. The molecule has 3 saturated heterocycles. The Hall–Kier alpha value is -3.91. The number of benzene rings is 2. The molecule has 12 N–H and O–H groups in total. The van der Waals surface area contributed by atoms with Gasteiger partial charge in [-0.2, -0.15) is 0 Å². The number of hydrogen-bond acceptors (Lipinski definition) is 21. The second-order valence-electron chi connectivity index (χ2n) is 13.2. The van der Waals surface area contributed by atoms with Crippen LogP contribution in [0.5, 0.6) is 28.7 Å². The summed E-state index contributed by atoms with van der Waals surface area (Å²) >= 11 is 0. The van der Waals surface area contributed by atoms with Gasteiger partial charge in [0.05, 0.1) is 26.4 Å². The molecule has 6 rings (SSSR count). The molecule has 0 amide bonds. The lowest BCUT2D eigenvalue weighted by Gasteiger charge is -2.42. The maximum atomic E-state index is 14.1. The minimum Gasteiger partial charge on any atom is -0.508 e. The Morgan fingerprint density at radius 2 is 1.24 bits per heavy atom. The van der Waals surface area contributed by atoms with Crippen LogP contribution >= 0.6 is 0 Å². The molecule has 1 aromatic heterocycles. The van der Waals surface area contributed by atoms with Crippen LogP contribution in [0.2, 0.25) is 0 Å². The molecule has 55 heavy (non-hydrogen) atoms. The third-order valence-corrected chi connectivity index (χ3v) is 9.59. The Kier molecular flexibility index (Phi) is 12.1. The highest BCUT2D eigenvalue weighted by atomic mass is 16.7. The SMILES string of the molecule is COc1c(O[C@@H]2O[C@H](CO[C@@H]3O[C@@H](C)[C@H](O)[C@H](O)[C@H]3O)[C@@H](O)[C@@H](O)[C@H]2O)cc(O)c2c(=O)c(O[C@@H]3O[C@@H](CO)[C@H](O)[C@H](O)[C@@H]3O)c(-c3ccc(O)cc3)oc12. The number of rotatable bonds is 10. The summed E-state index contributed by atoms with van der Waals surface area (Å²) < 4.78 is 45.1. The molecule has 3 aromatic rings. The molecule has 21 nitrogen and oxygen atoms in total. The second-order valence-corrected chi connectivity index (χ2v) is 13.2. The van der Waals surface area contributed by atoms with E-state index in [4.69, 9.17) is 37.6 Å². The third kappa shape index (κ3) is 7.65. The van der Waals surface area contributed by atoms with Gasteiger partial charge in [-0.25, -0.2) is 0 Å². The number of ether oxygens (including phenoxy) is 7. The van der Waals surface area contributed by atoms with E-state index in [2.05, 4.69) is 0 Å². The molecule has 4 heterocycles. The molecule has 0 saturated carbocycles. The van der Waals surface area contributed by atoms with E-state index in [0.29, 0.717) is 0 Å². The fourth-order valence-electron chi connectivity index (χ4n) is 6.37. The lowest BCUT2D eigenvalue weighted by Crippen LogP contribution is -2.61. The highest BCUT2D eigenvalue weighted by Crippen LogP contribution is 2.45. The molecule has 304 valence electrons. The fourth-order valence-corrected chi connectivity index (χ4v) is 6.37. The number of aliphatic hydroxyl groups is 10. The maximum absolute atomic E-state index is 14.1. The van der Waals surface area contributed by atoms with Crippen molar-refractivity contribution in [3.63, 3.8) is 0 Å². The van der Waals surface area contributed by atoms with E-state index in [1.54, 1.807) is 0 Å². The van der Waals surface area contributed by atoms with Crippen molar-refractivity contribution < 1.29 is 98.9 Å². The van der Waals surface area contributed by atoms with Gasteiger partial charge in [-0.05, 0) is 31.2 Å². The van der Waals surface area contributed by atoms with Crippen molar-refractivity contribution in [2.45, 2.75) is 99.0 Å². The van der Waals surface area contributed by atoms with Gasteiger partial charge in [0.25, 0.3) is 0 Å². The van der Waals surface area contributed by atoms with Crippen molar-refractivity contribution in [2.75, 3.05) is 20.3 Å². The van der Waals surface area contributed by atoms with Crippen LogP contribution in [0, 0.1) is 0 Å². The van der Waals surface area contributed by atoms with Crippen molar-refractivity contribution >= 4 is 11.0 Å². The normalized spacial score (nSPS) is 36.8. The van der Waals surface area contributed by atoms with Crippen LogP contribution in [-0.4, -0.2) is 174 Å². The highest BCUT2D eigenvalue weighted by molar-refractivity contribution is 5.93. The van der Waals surface area contributed by atoms with E-state index in [0.717, 1.165) is 13.2 Å². The van der Waals surface area contributed by atoms with Gasteiger partial charge in [-0.1, -0.05) is 0 Å². The molecular formula is C34H42O21. The van der Waals surface area contributed by atoms with Crippen molar-refractivity contribution in [3.8, 4) is 40.1 Å². The summed E-state index contributed by atoms with van der Waals surface area (Å²) in [5.41, 5.74) is -1.48. The third-order valence-electron chi connectivity index (χ3n) is 9.59. The van der Waals surface area contributed by atoms with Gasteiger partial charge >= 0.3 is 0 Å². The first-order chi connectivity index (χ1) is 26.1. The van der Waals surface area contributed by atoms with Crippen molar-refractivity contribution in [1.82, 2.24) is 0 Å². The van der Waals surface area contributed by atoms with E-state index in [9.17, 15) is 66.1 Å². The summed E-state index contributed by atoms with van der Waals surface area (Å²) in [5.74, 6) is -2.90. The molecule has 15 atom stereocenters. The molecule has 3 aliphatic heterocycles. The lowest BCUT2D eigenvalue weighted by molar-refractivity contribution is -0.318. The standard InChI is InChI=1S/C34H42O21/c1-10-18(38)22(42)25(45)32(50-10)49-9-16-20(40)24(44)26(46)33(53-16)51-14-7-13(37)17-21(41)31(55-34-27(47)23(43)19(39)15(8-35)52-34)28(54-30(17)29(14)48-2)11-3-5-12(36)6-4-11/h3-7,10,15-16,18-20,22-27,32-40,42-47H,8-9H2,1-2H3/t10-,15-,16+,18-,19-,20+,22-,23-,24+,25+,26+,27-,32+,33+,34-/m0/s1.